The normalized spacial score (nSPS) is 19.6. The van der Waals surface area contributed by atoms with Crippen LogP contribution in [0.4, 0.5) is 4.79 Å². The number of methoxy groups -OCH3 is 4. The van der Waals surface area contributed by atoms with Gasteiger partial charge in [-0.25, -0.2) is 14.8 Å². The molecule has 5 atom stereocenters. The number of rotatable bonds is 15. The standard InChI is InChI=1S/C40H56N8O6/c1-23(2)33(45-39(50)52-6)37(49)47-19-9-11-31(47)35-41-22-30(44-35)26-15-13-25(14-16-26)27-17-18-28-29(21-27)43-36(42-28)32-12-10-20-48(32)38(51-5)34(24(3)4)46-40(53-7)54-8/h13-18,21-24,31-34,38,40,46H,9-12,19-20H2,1-8H3,(H,41,44)(H,42,43)(H,45,50)/t31-,32-,33-,34-,38?/m0/s1. The van der Waals surface area contributed by atoms with E-state index in [-0.39, 0.29) is 42.1 Å². The van der Waals surface area contributed by atoms with Gasteiger partial charge >= 0.3 is 6.09 Å². The minimum atomic E-state index is -0.677. The minimum absolute atomic E-state index is 0.0336. The van der Waals surface area contributed by atoms with Gasteiger partial charge in [0.05, 0.1) is 48.2 Å². The third kappa shape index (κ3) is 8.32. The molecule has 2 fully saturated rings. The number of imidazole rings is 2. The van der Waals surface area contributed by atoms with Gasteiger partial charge in [-0.05, 0) is 66.3 Å². The van der Waals surface area contributed by atoms with E-state index in [9.17, 15) is 9.59 Å². The van der Waals surface area contributed by atoms with E-state index in [1.807, 2.05) is 24.9 Å². The Morgan fingerprint density at radius 1 is 0.815 bits per heavy atom. The first-order valence-electron chi connectivity index (χ1n) is 19.0. The lowest BCUT2D eigenvalue weighted by Crippen LogP contribution is -2.56. The first-order chi connectivity index (χ1) is 26.1. The van der Waals surface area contributed by atoms with E-state index in [1.54, 1.807) is 21.3 Å². The highest BCUT2D eigenvalue weighted by Crippen LogP contribution is 2.37. The predicted octanol–water partition coefficient (Wildman–Crippen LogP) is 5.96. The van der Waals surface area contributed by atoms with Crippen molar-refractivity contribution in [2.75, 3.05) is 41.5 Å². The maximum atomic E-state index is 13.6. The van der Waals surface area contributed by atoms with E-state index in [0.717, 1.165) is 77.3 Å². The molecule has 0 bridgehead atoms. The van der Waals surface area contributed by atoms with Crippen molar-refractivity contribution in [3.63, 3.8) is 0 Å². The monoisotopic (exact) mass is 744 g/mol. The summed E-state index contributed by atoms with van der Waals surface area (Å²) in [6, 6.07) is 13.9. The van der Waals surface area contributed by atoms with E-state index >= 15 is 0 Å². The summed E-state index contributed by atoms with van der Waals surface area (Å²) >= 11 is 0. The van der Waals surface area contributed by atoms with Crippen LogP contribution in [-0.4, -0.2) is 108 Å². The molecule has 2 aliphatic heterocycles. The van der Waals surface area contributed by atoms with E-state index in [1.165, 1.54) is 7.11 Å². The number of aromatic amines is 2. The van der Waals surface area contributed by atoms with Crippen molar-refractivity contribution in [2.45, 2.75) is 90.2 Å². The first-order valence-corrected chi connectivity index (χ1v) is 19.0. The number of nitrogens with zero attached hydrogens (tertiary/aromatic N) is 4. The number of carbonyl (C=O) groups excluding carboxylic acids is 2. The van der Waals surface area contributed by atoms with Crippen LogP contribution in [0.5, 0.6) is 0 Å². The lowest BCUT2D eigenvalue weighted by Gasteiger charge is -2.39. The lowest BCUT2D eigenvalue weighted by atomic mass is 10.0. The van der Waals surface area contributed by atoms with Gasteiger partial charge in [0.1, 0.15) is 23.9 Å². The lowest BCUT2D eigenvalue weighted by molar-refractivity contribution is -0.155. The van der Waals surface area contributed by atoms with Crippen LogP contribution in [0.1, 0.15) is 77.1 Å². The Balaban J connectivity index is 1.16. The van der Waals surface area contributed by atoms with Crippen molar-refractivity contribution in [1.29, 1.82) is 0 Å². The van der Waals surface area contributed by atoms with Crippen LogP contribution in [0.3, 0.4) is 0 Å². The SMILES string of the molecule is COC(=O)N[C@H](C(=O)N1CCC[C@H]1c1ncc(-c2ccc(-c3ccc4nc([C@@H]5CCCN5C(OC)[C@@H](NC(OC)OC)C(C)C)[nH]c4c3)cc2)[nH]1)C(C)C. The topological polar surface area (TPSA) is 159 Å². The number of hydrogen-bond acceptors (Lipinski definition) is 10. The maximum Gasteiger partial charge on any atom is 0.407 e. The van der Waals surface area contributed by atoms with Crippen LogP contribution >= 0.6 is 0 Å². The molecule has 2 amide bonds. The summed E-state index contributed by atoms with van der Waals surface area (Å²) in [6.07, 6.45) is 4.15. The van der Waals surface area contributed by atoms with Crippen LogP contribution < -0.4 is 10.6 Å². The molecule has 0 saturated carbocycles. The fraction of sp³-hybridized carbons (Fsp3) is 0.550. The van der Waals surface area contributed by atoms with Crippen LogP contribution in [0.2, 0.25) is 0 Å². The molecule has 2 aliphatic rings. The zero-order valence-electron chi connectivity index (χ0n) is 32.7. The van der Waals surface area contributed by atoms with E-state index < -0.39 is 18.5 Å². The molecule has 1 unspecified atom stereocenters. The Bertz CT molecular complexity index is 1850. The second-order valence-electron chi connectivity index (χ2n) is 14.9. The van der Waals surface area contributed by atoms with Crippen molar-refractivity contribution in [1.82, 2.24) is 40.4 Å². The van der Waals surface area contributed by atoms with Crippen molar-refractivity contribution in [3.05, 3.63) is 60.3 Å². The van der Waals surface area contributed by atoms with Crippen LogP contribution in [0.15, 0.2) is 48.7 Å². The number of amides is 2. The second kappa shape index (κ2) is 17.4. The Morgan fingerprint density at radius 2 is 1.50 bits per heavy atom. The van der Waals surface area contributed by atoms with Gasteiger partial charge in [-0.3, -0.25) is 15.0 Å². The van der Waals surface area contributed by atoms with Gasteiger partial charge in [0, 0.05) is 34.4 Å². The zero-order valence-corrected chi connectivity index (χ0v) is 32.7. The van der Waals surface area contributed by atoms with Gasteiger partial charge < -0.3 is 39.1 Å². The van der Waals surface area contributed by atoms with Crippen LogP contribution in [-0.2, 0) is 23.7 Å². The van der Waals surface area contributed by atoms with Crippen molar-refractivity contribution >= 4 is 23.0 Å². The molecule has 4 N–H and O–H groups in total. The molecule has 54 heavy (non-hydrogen) atoms. The quantitative estimate of drug-likeness (QED) is 0.107. The molecule has 14 nitrogen and oxygen atoms in total. The summed E-state index contributed by atoms with van der Waals surface area (Å²) < 4.78 is 21.8. The average molecular weight is 745 g/mol. The molecule has 0 aliphatic carbocycles. The van der Waals surface area contributed by atoms with Gasteiger partial charge in [0.15, 0.2) is 0 Å². The van der Waals surface area contributed by atoms with Gasteiger partial charge in [-0.2, -0.15) is 0 Å². The largest absolute Gasteiger partial charge is 0.453 e. The Labute approximate surface area is 317 Å². The molecule has 14 heteroatoms. The smallest absolute Gasteiger partial charge is 0.407 e. The Kier molecular flexibility index (Phi) is 12.7. The minimum Gasteiger partial charge on any atom is -0.453 e. The molecular weight excluding hydrogens is 688 g/mol. The summed E-state index contributed by atoms with van der Waals surface area (Å²) in [7, 11) is 6.31. The molecule has 2 aromatic carbocycles. The third-order valence-corrected chi connectivity index (χ3v) is 10.8. The predicted molar refractivity (Wildman–Crippen MR) is 206 cm³/mol. The van der Waals surface area contributed by atoms with Crippen LogP contribution in [0.25, 0.3) is 33.4 Å². The third-order valence-electron chi connectivity index (χ3n) is 10.8. The van der Waals surface area contributed by atoms with Gasteiger partial charge in [0.2, 0.25) is 12.3 Å². The van der Waals surface area contributed by atoms with Gasteiger partial charge in [0.25, 0.3) is 0 Å². The summed E-state index contributed by atoms with van der Waals surface area (Å²) in [4.78, 5) is 46.6. The maximum absolute atomic E-state index is 13.6. The number of ether oxygens (including phenoxy) is 4. The van der Waals surface area contributed by atoms with Crippen molar-refractivity contribution < 1.29 is 28.5 Å². The first kappa shape index (κ1) is 39.4. The molecular formula is C40H56N8O6. The molecule has 6 rings (SSSR count). The van der Waals surface area contributed by atoms with E-state index in [0.29, 0.717) is 6.54 Å². The summed E-state index contributed by atoms with van der Waals surface area (Å²) in [6.45, 7) is 9.67. The number of aromatic nitrogens is 4. The summed E-state index contributed by atoms with van der Waals surface area (Å²) in [5.41, 5.74) is 5.95. The molecule has 4 heterocycles. The summed E-state index contributed by atoms with van der Waals surface area (Å²) in [5.74, 6) is 1.72. The number of benzene rings is 2. The Hall–Kier alpha value is -4.34. The van der Waals surface area contributed by atoms with Crippen molar-refractivity contribution in [3.8, 4) is 22.4 Å². The number of alkyl carbamates (subject to hydrolysis) is 1. The molecule has 292 valence electrons. The number of likely N-dealkylation sites (tertiary alicyclic amines) is 2. The number of nitrogens with one attached hydrogen (secondary N) is 4. The van der Waals surface area contributed by atoms with E-state index in [2.05, 4.69) is 81.8 Å². The van der Waals surface area contributed by atoms with Gasteiger partial charge in [-0.1, -0.05) is 58.0 Å². The fourth-order valence-corrected chi connectivity index (χ4v) is 7.92. The second-order valence-corrected chi connectivity index (χ2v) is 14.9. The molecule has 0 radical (unpaired) electrons. The van der Waals surface area contributed by atoms with Crippen molar-refractivity contribution in [2.24, 2.45) is 11.8 Å². The zero-order chi connectivity index (χ0) is 38.5. The van der Waals surface area contributed by atoms with Gasteiger partial charge in [-0.15, -0.1) is 0 Å². The number of carbonyl (C=O) groups is 2. The molecule has 0 spiro atoms. The molecule has 2 saturated heterocycles. The van der Waals surface area contributed by atoms with E-state index in [4.69, 9.17) is 28.9 Å². The highest BCUT2D eigenvalue weighted by molar-refractivity contribution is 5.86. The fourth-order valence-electron chi connectivity index (χ4n) is 7.92. The number of H-pyrrole nitrogens is 2. The highest BCUT2D eigenvalue weighted by atomic mass is 16.7. The molecule has 2 aromatic heterocycles. The molecule has 4 aromatic rings. The van der Waals surface area contributed by atoms with Crippen LogP contribution in [0, 0.1) is 11.8 Å². The highest BCUT2D eigenvalue weighted by Gasteiger charge is 2.40. The number of hydrogen-bond donors (Lipinski definition) is 4. The summed E-state index contributed by atoms with van der Waals surface area (Å²) in [5, 5.41) is 6.18. The number of fused-ring (bicyclic) bond motifs is 1. The Morgan fingerprint density at radius 3 is 2.17 bits per heavy atom. The average Bonchev–Trinajstić information content (AvgIpc) is 4.01.